The number of hydrogen-bond acceptors (Lipinski definition) is 2. The van der Waals surface area contributed by atoms with Gasteiger partial charge in [-0.15, -0.1) is 0 Å². The summed E-state index contributed by atoms with van der Waals surface area (Å²) < 4.78 is 0. The fraction of sp³-hybridized carbons (Fsp3) is 0. The van der Waals surface area contributed by atoms with Gasteiger partial charge in [0.25, 0.3) is 0 Å². The van der Waals surface area contributed by atoms with Gasteiger partial charge in [0.05, 0.1) is 10.0 Å². The molecule has 0 atom stereocenters. The summed E-state index contributed by atoms with van der Waals surface area (Å²) in [6.07, 6.45) is 0. The van der Waals surface area contributed by atoms with Crippen molar-refractivity contribution in [2.75, 3.05) is 0 Å². The van der Waals surface area contributed by atoms with Crippen molar-refractivity contribution >= 4 is 40.0 Å². The highest BCUT2D eigenvalue weighted by Crippen LogP contribution is 2.23. The first-order valence-corrected chi connectivity index (χ1v) is 4.11. The molecule has 0 fully saturated rings. The van der Waals surface area contributed by atoms with E-state index in [0.717, 1.165) is 0 Å². The van der Waals surface area contributed by atoms with E-state index in [9.17, 15) is 0 Å². The van der Waals surface area contributed by atoms with Gasteiger partial charge in [-0.25, -0.2) is 0 Å². The Labute approximate surface area is 84.3 Å². The molecule has 0 amide bonds. The molecule has 0 spiro atoms. The van der Waals surface area contributed by atoms with Gasteiger partial charge in [0.2, 0.25) is 0 Å². The molecule has 1 aromatic carbocycles. The van der Waals surface area contributed by atoms with Crippen molar-refractivity contribution in [3.05, 3.63) is 33.8 Å². The lowest BCUT2D eigenvalue weighted by Crippen LogP contribution is -1.90. The van der Waals surface area contributed by atoms with E-state index in [0.29, 0.717) is 15.6 Å². The molecule has 0 bridgehead atoms. The number of nitrogens with zero attached hydrogens (tertiary/aromatic N) is 1. The minimum absolute atomic E-state index is 0.0198. The SMILES string of the molecule is O/N=C(/Cl)c1ccc(Cl)c(Cl)c1. The van der Waals surface area contributed by atoms with E-state index in [4.69, 9.17) is 40.0 Å². The summed E-state index contributed by atoms with van der Waals surface area (Å²) in [5.74, 6) is 0. The molecule has 0 aliphatic rings. The summed E-state index contributed by atoms with van der Waals surface area (Å²) in [6.45, 7) is 0. The highest BCUT2D eigenvalue weighted by Gasteiger charge is 2.03. The van der Waals surface area contributed by atoms with Crippen molar-refractivity contribution in [2.45, 2.75) is 0 Å². The minimum Gasteiger partial charge on any atom is -0.410 e. The smallest absolute Gasteiger partial charge is 0.175 e. The number of halogens is 3. The second-order valence-corrected chi connectivity index (χ2v) is 3.19. The Hall–Kier alpha value is -0.440. The molecule has 0 aliphatic heterocycles. The van der Waals surface area contributed by atoms with E-state index in [2.05, 4.69) is 5.16 Å². The molecule has 2 nitrogen and oxygen atoms in total. The second-order valence-electron chi connectivity index (χ2n) is 2.02. The molecule has 0 saturated carbocycles. The molecular formula is C7H4Cl3NO. The number of oxime groups is 1. The van der Waals surface area contributed by atoms with Gasteiger partial charge in [-0.2, -0.15) is 0 Å². The van der Waals surface area contributed by atoms with Gasteiger partial charge >= 0.3 is 0 Å². The molecule has 1 rings (SSSR count). The normalized spacial score (nSPS) is 11.8. The van der Waals surface area contributed by atoms with E-state index in [1.165, 1.54) is 6.07 Å². The Morgan fingerprint density at radius 2 is 1.92 bits per heavy atom. The summed E-state index contributed by atoms with van der Waals surface area (Å²) in [5.41, 5.74) is 0.522. The van der Waals surface area contributed by atoms with Crippen LogP contribution in [0.3, 0.4) is 0 Å². The van der Waals surface area contributed by atoms with E-state index in [1.54, 1.807) is 12.1 Å². The van der Waals surface area contributed by atoms with E-state index in [-0.39, 0.29) is 5.17 Å². The molecule has 0 aromatic heterocycles. The molecule has 5 heteroatoms. The third-order valence-corrected chi connectivity index (χ3v) is 2.28. The topological polar surface area (TPSA) is 32.6 Å². The summed E-state index contributed by atoms with van der Waals surface area (Å²) in [7, 11) is 0. The quantitative estimate of drug-likeness (QED) is 0.443. The van der Waals surface area contributed by atoms with Crippen LogP contribution in [0.1, 0.15) is 5.56 Å². The summed E-state index contributed by atoms with van der Waals surface area (Å²) in [4.78, 5) is 0. The molecule has 0 saturated heterocycles. The number of benzene rings is 1. The van der Waals surface area contributed by atoms with Gasteiger partial charge in [-0.05, 0) is 12.1 Å². The molecule has 64 valence electrons. The van der Waals surface area contributed by atoms with Gasteiger partial charge in [0, 0.05) is 5.56 Å². The molecule has 0 aliphatic carbocycles. The first-order chi connectivity index (χ1) is 5.65. The maximum absolute atomic E-state index is 8.33. The van der Waals surface area contributed by atoms with Crippen LogP contribution in [0.5, 0.6) is 0 Å². The van der Waals surface area contributed by atoms with Gasteiger partial charge in [0.1, 0.15) is 0 Å². The van der Waals surface area contributed by atoms with Crippen LogP contribution in [0.15, 0.2) is 23.4 Å². The first-order valence-electron chi connectivity index (χ1n) is 2.98. The summed E-state index contributed by atoms with van der Waals surface area (Å²) in [6, 6.07) is 4.70. The van der Waals surface area contributed by atoms with Crippen molar-refractivity contribution in [1.82, 2.24) is 0 Å². The monoisotopic (exact) mass is 223 g/mol. The average molecular weight is 224 g/mol. The van der Waals surface area contributed by atoms with Crippen LogP contribution in [0.2, 0.25) is 10.0 Å². The van der Waals surface area contributed by atoms with Gasteiger partial charge in [0.15, 0.2) is 5.17 Å². The Morgan fingerprint density at radius 3 is 2.42 bits per heavy atom. The van der Waals surface area contributed by atoms with Crippen LogP contribution in [-0.2, 0) is 0 Å². The average Bonchev–Trinajstić information content (AvgIpc) is 2.08. The second kappa shape index (κ2) is 3.99. The van der Waals surface area contributed by atoms with Crippen molar-refractivity contribution in [3.8, 4) is 0 Å². The third kappa shape index (κ3) is 2.03. The highest BCUT2D eigenvalue weighted by molar-refractivity contribution is 6.69. The standard InChI is InChI=1S/C7H4Cl3NO/c8-5-2-1-4(3-6(5)9)7(10)11-12/h1-3,12H/b11-7+. The van der Waals surface area contributed by atoms with Crippen molar-refractivity contribution in [3.63, 3.8) is 0 Å². The Balaban J connectivity index is 3.13. The van der Waals surface area contributed by atoms with Crippen molar-refractivity contribution in [1.29, 1.82) is 0 Å². The predicted molar refractivity (Wildman–Crippen MR) is 50.6 cm³/mol. The predicted octanol–water partition coefficient (Wildman–Crippen LogP) is 3.37. The maximum Gasteiger partial charge on any atom is 0.175 e. The molecule has 1 aromatic rings. The fourth-order valence-electron chi connectivity index (χ4n) is 0.682. The maximum atomic E-state index is 8.33. The van der Waals surface area contributed by atoms with E-state index < -0.39 is 0 Å². The third-order valence-electron chi connectivity index (χ3n) is 1.25. The Morgan fingerprint density at radius 1 is 1.25 bits per heavy atom. The van der Waals surface area contributed by atoms with E-state index >= 15 is 0 Å². The number of hydrogen-bond donors (Lipinski definition) is 1. The van der Waals surface area contributed by atoms with Gasteiger partial charge < -0.3 is 5.21 Å². The molecule has 1 N–H and O–H groups in total. The van der Waals surface area contributed by atoms with Crippen LogP contribution in [-0.4, -0.2) is 10.4 Å². The Kier molecular flexibility index (Phi) is 3.20. The summed E-state index contributed by atoms with van der Waals surface area (Å²) in [5, 5.41) is 11.9. The molecule has 12 heavy (non-hydrogen) atoms. The van der Waals surface area contributed by atoms with Crippen LogP contribution in [0, 0.1) is 0 Å². The zero-order valence-electron chi connectivity index (χ0n) is 5.76. The van der Waals surface area contributed by atoms with Crippen LogP contribution >= 0.6 is 34.8 Å². The highest BCUT2D eigenvalue weighted by atomic mass is 35.5. The first kappa shape index (κ1) is 9.65. The van der Waals surface area contributed by atoms with Crippen LogP contribution in [0.4, 0.5) is 0 Å². The van der Waals surface area contributed by atoms with Crippen LogP contribution < -0.4 is 0 Å². The molecular weight excluding hydrogens is 220 g/mol. The zero-order valence-corrected chi connectivity index (χ0v) is 8.03. The Bertz CT molecular complexity index is 324. The van der Waals surface area contributed by atoms with Crippen LogP contribution in [0.25, 0.3) is 0 Å². The van der Waals surface area contributed by atoms with Crippen molar-refractivity contribution in [2.24, 2.45) is 5.16 Å². The van der Waals surface area contributed by atoms with E-state index in [1.807, 2.05) is 0 Å². The van der Waals surface area contributed by atoms with Gasteiger partial charge in [-0.1, -0.05) is 46.0 Å². The zero-order chi connectivity index (χ0) is 9.14. The lowest BCUT2D eigenvalue weighted by molar-refractivity contribution is 0.321. The largest absolute Gasteiger partial charge is 0.410 e. The van der Waals surface area contributed by atoms with Crippen molar-refractivity contribution < 1.29 is 5.21 Å². The fourth-order valence-corrected chi connectivity index (χ4v) is 1.10. The molecule has 0 unspecified atom stereocenters. The number of rotatable bonds is 1. The molecule has 0 heterocycles. The van der Waals surface area contributed by atoms with Gasteiger partial charge in [-0.3, -0.25) is 0 Å². The minimum atomic E-state index is -0.0198. The lowest BCUT2D eigenvalue weighted by atomic mass is 10.2. The summed E-state index contributed by atoms with van der Waals surface area (Å²) >= 11 is 16.9. The molecule has 0 radical (unpaired) electrons. The lowest BCUT2D eigenvalue weighted by Gasteiger charge is -1.98.